The number of hydrogen-bond donors (Lipinski definition) is 1. The summed E-state index contributed by atoms with van der Waals surface area (Å²) in [6.07, 6.45) is -1.47. The van der Waals surface area contributed by atoms with Crippen LogP contribution < -0.4 is 15.1 Å². The number of amides is 2. The Hall–Kier alpha value is -3.17. The number of nitrogens with zero attached hydrogens (tertiary/aromatic N) is 4. The normalized spacial score (nSPS) is 19.7. The summed E-state index contributed by atoms with van der Waals surface area (Å²) in [6.45, 7) is 1.37. The van der Waals surface area contributed by atoms with Crippen LogP contribution >= 0.6 is 0 Å². The number of rotatable bonds is 5. The van der Waals surface area contributed by atoms with Crippen LogP contribution in [0.5, 0.6) is 0 Å². The molecule has 4 heterocycles. The van der Waals surface area contributed by atoms with E-state index in [1.807, 2.05) is 6.07 Å². The summed E-state index contributed by atoms with van der Waals surface area (Å²) in [4.78, 5) is 37.7. The van der Waals surface area contributed by atoms with E-state index in [-0.39, 0.29) is 11.7 Å². The molecule has 2 fully saturated rings. The summed E-state index contributed by atoms with van der Waals surface area (Å²) >= 11 is 0. The zero-order valence-electron chi connectivity index (χ0n) is 17.2. The Kier molecular flexibility index (Phi) is 5.02. The Morgan fingerprint density at radius 3 is 2.62 bits per heavy atom. The Labute approximate surface area is 182 Å². The highest BCUT2D eigenvalue weighted by atomic mass is 19.4. The number of anilines is 3. The molecule has 3 aliphatic rings. The molecule has 2 aromatic rings. The molecule has 2 bridgehead atoms. The number of hydrogen-bond acceptors (Lipinski definition) is 5. The minimum Gasteiger partial charge on any atom is -0.366 e. The largest absolute Gasteiger partial charge is 0.389 e. The quantitative estimate of drug-likeness (QED) is 0.686. The highest BCUT2D eigenvalue weighted by molar-refractivity contribution is 6.05. The molecular formula is C22H22F3N5O2. The van der Waals surface area contributed by atoms with Crippen molar-refractivity contribution < 1.29 is 22.8 Å². The van der Waals surface area contributed by atoms with Crippen LogP contribution in [0, 0.1) is 0 Å². The van der Waals surface area contributed by atoms with Gasteiger partial charge >= 0.3 is 12.2 Å². The fourth-order valence-corrected chi connectivity index (χ4v) is 4.32. The first-order chi connectivity index (χ1) is 15.3. The average molecular weight is 445 g/mol. The standard InChI is InChI=1S/C22H22F3N5O2/c23-22(24,25)9-7-18(31)16-4-5-17-20(27-16)30(15-8-10-29(17)12-15)21(32)28-19-6-3-14(11-26-19)13-1-2-13/h3-6,11,13,15H,1-2,7-10,12H2,(H,26,28,32)/t15-/m0/s1. The highest BCUT2D eigenvalue weighted by Crippen LogP contribution is 2.41. The van der Waals surface area contributed by atoms with E-state index in [1.165, 1.54) is 11.0 Å². The smallest absolute Gasteiger partial charge is 0.366 e. The van der Waals surface area contributed by atoms with Gasteiger partial charge in [0.1, 0.15) is 11.5 Å². The lowest BCUT2D eigenvalue weighted by molar-refractivity contribution is -0.133. The van der Waals surface area contributed by atoms with Crippen molar-refractivity contribution in [1.82, 2.24) is 9.97 Å². The van der Waals surface area contributed by atoms with Gasteiger partial charge in [-0.15, -0.1) is 0 Å². The summed E-state index contributed by atoms with van der Waals surface area (Å²) in [5.74, 6) is 0.571. The molecule has 1 saturated heterocycles. The predicted molar refractivity (Wildman–Crippen MR) is 112 cm³/mol. The van der Waals surface area contributed by atoms with Gasteiger partial charge in [0.15, 0.2) is 11.6 Å². The Morgan fingerprint density at radius 2 is 1.94 bits per heavy atom. The Morgan fingerprint density at radius 1 is 1.12 bits per heavy atom. The SMILES string of the molecule is O=C(CCC(F)(F)F)c1ccc2c(n1)N(C(=O)Nc1ccc(C3CC3)cn1)[C@H]1CCN2C1. The average Bonchev–Trinajstić information content (AvgIpc) is 3.53. The van der Waals surface area contributed by atoms with E-state index >= 15 is 0 Å². The van der Waals surface area contributed by atoms with Crippen molar-refractivity contribution in [3.8, 4) is 0 Å². The predicted octanol–water partition coefficient (Wildman–Crippen LogP) is 4.51. The summed E-state index contributed by atoms with van der Waals surface area (Å²) < 4.78 is 37.6. The number of nitrogens with one attached hydrogen (secondary N) is 1. The topological polar surface area (TPSA) is 78.4 Å². The number of alkyl halides is 3. The molecule has 1 N–H and O–H groups in total. The molecule has 32 heavy (non-hydrogen) atoms. The van der Waals surface area contributed by atoms with Crippen molar-refractivity contribution in [2.75, 3.05) is 28.2 Å². The molecule has 2 aromatic heterocycles. The van der Waals surface area contributed by atoms with Crippen LogP contribution in [0.4, 0.5) is 35.3 Å². The summed E-state index contributed by atoms with van der Waals surface area (Å²) in [5.41, 5.74) is 1.78. The van der Waals surface area contributed by atoms with E-state index in [4.69, 9.17) is 0 Å². The van der Waals surface area contributed by atoms with Crippen LogP contribution in [0.3, 0.4) is 0 Å². The molecule has 5 rings (SSSR count). The van der Waals surface area contributed by atoms with Crippen molar-refractivity contribution in [3.05, 3.63) is 41.7 Å². The van der Waals surface area contributed by atoms with Crippen LogP contribution in [-0.2, 0) is 0 Å². The van der Waals surface area contributed by atoms with Gasteiger partial charge in [-0.2, -0.15) is 13.2 Å². The van der Waals surface area contributed by atoms with Gasteiger partial charge in [-0.1, -0.05) is 6.07 Å². The van der Waals surface area contributed by atoms with Crippen LogP contribution in [0.15, 0.2) is 30.5 Å². The van der Waals surface area contributed by atoms with Crippen molar-refractivity contribution in [2.45, 2.75) is 50.2 Å². The van der Waals surface area contributed by atoms with Gasteiger partial charge in [-0.3, -0.25) is 15.0 Å². The van der Waals surface area contributed by atoms with E-state index in [0.29, 0.717) is 29.8 Å². The summed E-state index contributed by atoms with van der Waals surface area (Å²) in [6, 6.07) is 6.26. The second-order valence-electron chi connectivity index (χ2n) is 8.52. The number of Topliss-reactive ketones (excluding diaryl/α,β-unsaturated/α-hetero) is 1. The molecule has 0 unspecified atom stereocenters. The Bertz CT molecular complexity index is 1050. The maximum absolute atomic E-state index is 13.2. The number of fused-ring (bicyclic) bond motifs is 4. The molecule has 0 radical (unpaired) electrons. The van der Waals surface area contributed by atoms with Crippen LogP contribution in [0.25, 0.3) is 0 Å². The second-order valence-corrected chi connectivity index (χ2v) is 8.52. The number of carbonyl (C=O) groups is 2. The third-order valence-electron chi connectivity index (χ3n) is 6.16. The first-order valence-electron chi connectivity index (χ1n) is 10.7. The minimum absolute atomic E-state index is 0.0692. The summed E-state index contributed by atoms with van der Waals surface area (Å²) in [5, 5.41) is 2.80. The molecule has 7 nitrogen and oxygen atoms in total. The number of aromatic nitrogens is 2. The lowest BCUT2D eigenvalue weighted by Gasteiger charge is -2.35. The third-order valence-corrected chi connectivity index (χ3v) is 6.16. The molecule has 10 heteroatoms. The van der Waals surface area contributed by atoms with Gasteiger partial charge < -0.3 is 4.90 Å². The minimum atomic E-state index is -4.41. The van der Waals surface area contributed by atoms with Crippen molar-refractivity contribution in [2.24, 2.45) is 0 Å². The number of carbonyl (C=O) groups excluding carboxylic acids is 2. The molecule has 2 aliphatic heterocycles. The second kappa shape index (κ2) is 7.75. The van der Waals surface area contributed by atoms with E-state index in [0.717, 1.165) is 31.4 Å². The lowest BCUT2D eigenvalue weighted by atomic mass is 10.1. The number of ketones is 1. The van der Waals surface area contributed by atoms with Gasteiger partial charge in [0.2, 0.25) is 0 Å². The van der Waals surface area contributed by atoms with Crippen LogP contribution in [0.2, 0.25) is 0 Å². The van der Waals surface area contributed by atoms with Gasteiger partial charge in [0.05, 0.1) is 18.2 Å². The van der Waals surface area contributed by atoms with Crippen LogP contribution in [0.1, 0.15) is 54.1 Å². The number of urea groups is 1. The zero-order valence-corrected chi connectivity index (χ0v) is 17.2. The first kappa shape index (κ1) is 20.7. The van der Waals surface area contributed by atoms with E-state index in [2.05, 4.69) is 20.2 Å². The molecule has 2 amide bonds. The third kappa shape index (κ3) is 4.13. The number of pyridine rings is 2. The summed E-state index contributed by atoms with van der Waals surface area (Å²) in [7, 11) is 0. The van der Waals surface area contributed by atoms with Crippen LogP contribution in [-0.4, -0.2) is 47.1 Å². The highest BCUT2D eigenvalue weighted by Gasteiger charge is 2.41. The number of halogens is 3. The van der Waals surface area contributed by atoms with Gasteiger partial charge in [-0.25, -0.2) is 14.8 Å². The fourth-order valence-electron chi connectivity index (χ4n) is 4.32. The van der Waals surface area contributed by atoms with Gasteiger partial charge in [-0.05, 0) is 48.9 Å². The molecule has 0 aromatic carbocycles. The van der Waals surface area contributed by atoms with E-state index < -0.39 is 30.8 Å². The van der Waals surface area contributed by atoms with E-state index in [9.17, 15) is 22.8 Å². The van der Waals surface area contributed by atoms with Crippen molar-refractivity contribution in [1.29, 1.82) is 0 Å². The van der Waals surface area contributed by atoms with Crippen molar-refractivity contribution >= 4 is 29.1 Å². The first-order valence-corrected chi connectivity index (χ1v) is 10.7. The zero-order chi connectivity index (χ0) is 22.5. The molecule has 1 atom stereocenters. The maximum atomic E-state index is 13.2. The van der Waals surface area contributed by atoms with E-state index in [1.54, 1.807) is 18.3 Å². The van der Waals surface area contributed by atoms with Gasteiger partial charge in [0, 0.05) is 25.7 Å². The Balaban J connectivity index is 1.38. The van der Waals surface area contributed by atoms with Crippen molar-refractivity contribution in [3.63, 3.8) is 0 Å². The molecule has 0 spiro atoms. The fraction of sp³-hybridized carbons (Fsp3) is 0.455. The molecule has 1 aliphatic carbocycles. The lowest BCUT2D eigenvalue weighted by Crippen LogP contribution is -2.48. The maximum Gasteiger partial charge on any atom is 0.389 e. The molecule has 168 valence electrons. The van der Waals surface area contributed by atoms with Gasteiger partial charge in [0.25, 0.3) is 0 Å². The molecule has 1 saturated carbocycles. The molecular weight excluding hydrogens is 423 g/mol. The monoisotopic (exact) mass is 445 g/mol.